The molecule has 1 aliphatic rings. The smallest absolute Gasteiger partial charge is 0.335 e. The fourth-order valence-electron chi connectivity index (χ4n) is 3.51. The Morgan fingerprint density at radius 3 is 2.86 bits per heavy atom. The molecule has 21 heavy (non-hydrogen) atoms. The van der Waals surface area contributed by atoms with Gasteiger partial charge in [-0.3, -0.25) is 0 Å². The predicted molar refractivity (Wildman–Crippen MR) is 79.5 cm³/mol. The van der Waals surface area contributed by atoms with E-state index in [0.717, 1.165) is 42.5 Å². The van der Waals surface area contributed by atoms with Gasteiger partial charge in [0.25, 0.3) is 0 Å². The van der Waals surface area contributed by atoms with Crippen molar-refractivity contribution in [3.63, 3.8) is 0 Å². The summed E-state index contributed by atoms with van der Waals surface area (Å²) in [4.78, 5) is 15.6. The maximum Gasteiger partial charge on any atom is 0.335 e. The maximum absolute atomic E-state index is 11.1. The first kappa shape index (κ1) is 14.1. The molecule has 1 aromatic heterocycles. The third kappa shape index (κ3) is 2.42. The van der Waals surface area contributed by atoms with Crippen molar-refractivity contribution in [2.75, 3.05) is 6.61 Å². The highest BCUT2D eigenvalue weighted by Crippen LogP contribution is 2.36. The molecule has 1 fully saturated rings. The third-order valence-corrected chi connectivity index (χ3v) is 4.55. The molecule has 5 nitrogen and oxygen atoms in total. The number of carboxylic acids is 1. The van der Waals surface area contributed by atoms with Gasteiger partial charge < -0.3 is 14.8 Å². The number of rotatable bonds is 3. The van der Waals surface area contributed by atoms with Gasteiger partial charge in [-0.15, -0.1) is 0 Å². The molecular weight excluding hydrogens is 268 g/mol. The number of aliphatic hydroxyl groups is 1. The standard InChI is InChI=1S/C16H20N2O3/c1-10-17-13-8-11(16(20)21)6-7-15(13)18(10)14-5-3-2-4-12(14)9-19/h6-8,12,14,19H,2-5,9H2,1H3,(H,20,21). The average Bonchev–Trinajstić information content (AvgIpc) is 2.81. The van der Waals surface area contributed by atoms with Crippen LogP contribution >= 0.6 is 0 Å². The highest BCUT2D eigenvalue weighted by molar-refractivity contribution is 5.92. The summed E-state index contributed by atoms with van der Waals surface area (Å²) in [5, 5.41) is 18.7. The molecule has 0 saturated heterocycles. The molecule has 0 radical (unpaired) electrons. The molecule has 5 heteroatoms. The van der Waals surface area contributed by atoms with Gasteiger partial charge in [-0.2, -0.15) is 0 Å². The van der Waals surface area contributed by atoms with E-state index in [1.54, 1.807) is 12.1 Å². The van der Waals surface area contributed by atoms with Crippen LogP contribution in [0.5, 0.6) is 0 Å². The van der Waals surface area contributed by atoms with Gasteiger partial charge in [-0.25, -0.2) is 9.78 Å². The van der Waals surface area contributed by atoms with E-state index in [0.29, 0.717) is 0 Å². The van der Waals surface area contributed by atoms with Crippen LogP contribution in [0.2, 0.25) is 0 Å². The van der Waals surface area contributed by atoms with E-state index in [1.807, 2.05) is 13.0 Å². The lowest BCUT2D eigenvalue weighted by molar-refractivity contribution is 0.0697. The van der Waals surface area contributed by atoms with Crippen molar-refractivity contribution in [2.24, 2.45) is 5.92 Å². The van der Waals surface area contributed by atoms with Crippen LogP contribution in [0, 0.1) is 12.8 Å². The molecule has 112 valence electrons. The van der Waals surface area contributed by atoms with Crippen LogP contribution in [0.1, 0.15) is 47.9 Å². The molecule has 0 spiro atoms. The van der Waals surface area contributed by atoms with Crippen LogP contribution in [0.3, 0.4) is 0 Å². The first-order valence-corrected chi connectivity index (χ1v) is 7.44. The maximum atomic E-state index is 11.1. The summed E-state index contributed by atoms with van der Waals surface area (Å²) in [6, 6.07) is 5.34. The molecule has 1 aromatic carbocycles. The van der Waals surface area contributed by atoms with E-state index in [4.69, 9.17) is 5.11 Å². The Morgan fingerprint density at radius 2 is 2.14 bits per heavy atom. The molecule has 1 aliphatic carbocycles. The molecule has 1 heterocycles. The number of aliphatic hydroxyl groups excluding tert-OH is 1. The monoisotopic (exact) mass is 288 g/mol. The number of fused-ring (bicyclic) bond motifs is 1. The van der Waals surface area contributed by atoms with Crippen molar-refractivity contribution in [3.8, 4) is 0 Å². The number of benzene rings is 1. The second-order valence-corrected chi connectivity index (χ2v) is 5.83. The minimum atomic E-state index is -0.935. The molecular formula is C16H20N2O3. The number of carbonyl (C=O) groups is 1. The molecule has 2 unspecified atom stereocenters. The van der Waals surface area contributed by atoms with Crippen LogP contribution in [0.4, 0.5) is 0 Å². The third-order valence-electron chi connectivity index (χ3n) is 4.55. The fraction of sp³-hybridized carbons (Fsp3) is 0.500. The number of hydrogen-bond acceptors (Lipinski definition) is 3. The highest BCUT2D eigenvalue weighted by Gasteiger charge is 2.28. The molecule has 0 bridgehead atoms. The fourth-order valence-corrected chi connectivity index (χ4v) is 3.51. The molecule has 0 aliphatic heterocycles. The molecule has 2 aromatic rings. The van der Waals surface area contributed by atoms with E-state index in [1.165, 1.54) is 0 Å². The summed E-state index contributed by atoms with van der Waals surface area (Å²) >= 11 is 0. The highest BCUT2D eigenvalue weighted by atomic mass is 16.4. The second kappa shape index (κ2) is 5.48. The summed E-state index contributed by atoms with van der Waals surface area (Å²) in [5.41, 5.74) is 1.94. The van der Waals surface area contributed by atoms with Gasteiger partial charge in [0.1, 0.15) is 5.82 Å². The molecule has 1 saturated carbocycles. The van der Waals surface area contributed by atoms with Gasteiger partial charge in [0, 0.05) is 18.6 Å². The van der Waals surface area contributed by atoms with Crippen LogP contribution in [-0.4, -0.2) is 32.3 Å². The Hall–Kier alpha value is -1.88. The van der Waals surface area contributed by atoms with Crippen molar-refractivity contribution in [2.45, 2.75) is 38.6 Å². The lowest BCUT2D eigenvalue weighted by Crippen LogP contribution is -2.26. The number of hydrogen-bond donors (Lipinski definition) is 2. The van der Waals surface area contributed by atoms with Gasteiger partial charge >= 0.3 is 5.97 Å². The zero-order valence-electron chi connectivity index (χ0n) is 12.1. The van der Waals surface area contributed by atoms with Gasteiger partial charge in [0.05, 0.1) is 16.6 Å². The SMILES string of the molecule is Cc1nc2cc(C(=O)O)ccc2n1C1CCCCC1CO. The number of imidazole rings is 1. The number of aromatic nitrogens is 2. The van der Waals surface area contributed by atoms with Crippen molar-refractivity contribution >= 4 is 17.0 Å². The summed E-state index contributed by atoms with van der Waals surface area (Å²) in [5.74, 6) is 0.210. The summed E-state index contributed by atoms with van der Waals surface area (Å²) in [6.07, 6.45) is 4.40. The molecule has 2 N–H and O–H groups in total. The van der Waals surface area contributed by atoms with Crippen molar-refractivity contribution in [3.05, 3.63) is 29.6 Å². The predicted octanol–water partition coefficient (Wildman–Crippen LogP) is 2.77. The lowest BCUT2D eigenvalue weighted by Gasteiger charge is -2.32. The van der Waals surface area contributed by atoms with Crippen LogP contribution in [0.15, 0.2) is 18.2 Å². The van der Waals surface area contributed by atoms with Gasteiger partial charge in [-0.1, -0.05) is 12.8 Å². The normalized spacial score (nSPS) is 22.6. The minimum absolute atomic E-state index is 0.191. The van der Waals surface area contributed by atoms with Crippen molar-refractivity contribution < 1.29 is 15.0 Å². The van der Waals surface area contributed by atoms with E-state index in [9.17, 15) is 9.90 Å². The van der Waals surface area contributed by atoms with E-state index < -0.39 is 5.97 Å². The Balaban J connectivity index is 2.09. The zero-order chi connectivity index (χ0) is 15.0. The number of aromatic carboxylic acids is 1. The quantitative estimate of drug-likeness (QED) is 0.910. The summed E-state index contributed by atoms with van der Waals surface area (Å²) < 4.78 is 2.18. The summed E-state index contributed by atoms with van der Waals surface area (Å²) in [7, 11) is 0. The van der Waals surface area contributed by atoms with E-state index >= 15 is 0 Å². The van der Waals surface area contributed by atoms with Crippen LogP contribution < -0.4 is 0 Å². The van der Waals surface area contributed by atoms with Crippen molar-refractivity contribution in [1.29, 1.82) is 0 Å². The van der Waals surface area contributed by atoms with Crippen LogP contribution in [0.25, 0.3) is 11.0 Å². The molecule has 3 rings (SSSR count). The number of aryl methyl sites for hydroxylation is 1. The second-order valence-electron chi connectivity index (χ2n) is 5.83. The van der Waals surface area contributed by atoms with Gasteiger partial charge in [0.15, 0.2) is 0 Å². The van der Waals surface area contributed by atoms with E-state index in [2.05, 4.69) is 9.55 Å². The van der Waals surface area contributed by atoms with E-state index in [-0.39, 0.29) is 24.1 Å². The average molecular weight is 288 g/mol. The van der Waals surface area contributed by atoms with Crippen LogP contribution in [-0.2, 0) is 0 Å². The van der Waals surface area contributed by atoms with Crippen molar-refractivity contribution in [1.82, 2.24) is 9.55 Å². The first-order valence-electron chi connectivity index (χ1n) is 7.44. The topological polar surface area (TPSA) is 75.3 Å². The largest absolute Gasteiger partial charge is 0.478 e. The Labute approximate surface area is 123 Å². The summed E-state index contributed by atoms with van der Waals surface area (Å²) in [6.45, 7) is 2.14. The molecule has 2 atom stereocenters. The minimum Gasteiger partial charge on any atom is -0.478 e. The first-order chi connectivity index (χ1) is 10.1. The molecule has 0 amide bonds. The zero-order valence-corrected chi connectivity index (χ0v) is 12.1. The number of carboxylic acid groups (broad SMARTS) is 1. The van der Waals surface area contributed by atoms with Gasteiger partial charge in [-0.05, 0) is 38.0 Å². The Kier molecular flexibility index (Phi) is 3.68. The lowest BCUT2D eigenvalue weighted by atomic mass is 9.84. The Bertz CT molecular complexity index is 677. The Morgan fingerprint density at radius 1 is 1.38 bits per heavy atom. The van der Waals surface area contributed by atoms with Gasteiger partial charge in [0.2, 0.25) is 0 Å². The number of nitrogens with zero attached hydrogens (tertiary/aromatic N) is 2.